The average molecular weight is 659 g/mol. The number of carbonyl (C=O) groups excluding carboxylic acids is 2. The van der Waals surface area contributed by atoms with Crippen molar-refractivity contribution in [1.29, 1.82) is 0 Å². The van der Waals surface area contributed by atoms with Crippen molar-refractivity contribution in [2.75, 3.05) is 17.4 Å². The van der Waals surface area contributed by atoms with Crippen molar-refractivity contribution < 1.29 is 18.0 Å². The van der Waals surface area contributed by atoms with Gasteiger partial charge in [-0.15, -0.1) is 0 Å². The highest BCUT2D eigenvalue weighted by atomic mass is 35.5. The number of nitrogens with one attached hydrogen (secondary N) is 1. The normalized spacial score (nSPS) is 12.1. The summed E-state index contributed by atoms with van der Waals surface area (Å²) in [6.07, 6.45) is 1.64. The molecule has 3 rings (SSSR count). The number of aryl methyl sites for hydroxylation is 1. The van der Waals surface area contributed by atoms with Crippen molar-refractivity contribution in [3.63, 3.8) is 0 Å². The zero-order valence-electron chi connectivity index (χ0n) is 22.8. The van der Waals surface area contributed by atoms with E-state index in [4.69, 9.17) is 46.4 Å². The van der Waals surface area contributed by atoms with Gasteiger partial charge in [-0.3, -0.25) is 13.9 Å². The number of sulfonamides is 1. The standard InChI is InChI=1S/C29H31Cl4N3O4S/c1-4-5-16-34-29(38)20(3)35(17-22-23(30)8-6-9-24(22)31)27(37)18-36(26-11-7-10-25(32)28(26)33)41(39,40)21-14-12-19(2)13-15-21/h6-15,20H,4-5,16-18H2,1-3H3,(H,34,38)/t20-/m0/s1. The lowest BCUT2D eigenvalue weighted by atomic mass is 10.1. The van der Waals surface area contributed by atoms with Gasteiger partial charge < -0.3 is 10.2 Å². The number of hydrogen-bond donors (Lipinski definition) is 1. The van der Waals surface area contributed by atoms with Crippen molar-refractivity contribution in [2.45, 2.75) is 51.1 Å². The number of carbonyl (C=O) groups is 2. The van der Waals surface area contributed by atoms with Gasteiger partial charge in [0.1, 0.15) is 12.6 Å². The second-order valence-electron chi connectivity index (χ2n) is 9.44. The van der Waals surface area contributed by atoms with E-state index in [1.807, 2.05) is 13.8 Å². The van der Waals surface area contributed by atoms with Crippen LogP contribution < -0.4 is 9.62 Å². The van der Waals surface area contributed by atoms with Gasteiger partial charge in [-0.05, 0) is 56.7 Å². The molecule has 1 atom stereocenters. The number of unbranched alkanes of at least 4 members (excludes halogenated alkanes) is 1. The van der Waals surface area contributed by atoms with Crippen molar-refractivity contribution in [1.82, 2.24) is 10.2 Å². The molecule has 3 aromatic carbocycles. The number of amides is 2. The largest absolute Gasteiger partial charge is 0.354 e. The SMILES string of the molecule is CCCCNC(=O)[C@H](C)N(Cc1c(Cl)cccc1Cl)C(=O)CN(c1cccc(Cl)c1Cl)S(=O)(=O)c1ccc(C)cc1. The van der Waals surface area contributed by atoms with Crippen LogP contribution in [-0.2, 0) is 26.2 Å². The van der Waals surface area contributed by atoms with Crippen LogP contribution in [0.4, 0.5) is 5.69 Å². The zero-order valence-corrected chi connectivity index (χ0v) is 26.7. The molecule has 0 saturated heterocycles. The molecule has 0 aliphatic carbocycles. The number of benzene rings is 3. The molecular formula is C29H31Cl4N3O4S. The molecule has 0 spiro atoms. The third-order valence-electron chi connectivity index (χ3n) is 6.47. The first-order chi connectivity index (χ1) is 19.4. The van der Waals surface area contributed by atoms with Crippen LogP contribution in [0.3, 0.4) is 0 Å². The van der Waals surface area contributed by atoms with E-state index >= 15 is 0 Å². The Kier molecular flexibility index (Phi) is 11.8. The van der Waals surface area contributed by atoms with E-state index < -0.39 is 34.4 Å². The summed E-state index contributed by atoms with van der Waals surface area (Å²) >= 11 is 25.5. The fraction of sp³-hybridized carbons (Fsp3) is 0.310. The quantitative estimate of drug-likeness (QED) is 0.210. The number of rotatable bonds is 12. The monoisotopic (exact) mass is 657 g/mol. The van der Waals surface area contributed by atoms with Gasteiger partial charge in [0.2, 0.25) is 11.8 Å². The Balaban J connectivity index is 2.08. The predicted octanol–water partition coefficient (Wildman–Crippen LogP) is 7.14. The number of hydrogen-bond acceptors (Lipinski definition) is 4. The van der Waals surface area contributed by atoms with Gasteiger partial charge in [0, 0.05) is 28.7 Å². The molecule has 220 valence electrons. The minimum atomic E-state index is -4.30. The topological polar surface area (TPSA) is 86.8 Å². The number of anilines is 1. The van der Waals surface area contributed by atoms with Gasteiger partial charge in [0.15, 0.2) is 0 Å². The Labute approximate surface area is 261 Å². The van der Waals surface area contributed by atoms with E-state index in [1.54, 1.807) is 37.3 Å². The maximum atomic E-state index is 14.0. The number of nitrogens with zero attached hydrogens (tertiary/aromatic N) is 2. The molecule has 0 bridgehead atoms. The molecule has 1 N–H and O–H groups in total. The molecule has 12 heteroatoms. The highest BCUT2D eigenvalue weighted by Crippen LogP contribution is 2.36. The first-order valence-electron chi connectivity index (χ1n) is 12.9. The van der Waals surface area contributed by atoms with E-state index in [-0.39, 0.29) is 27.2 Å². The minimum absolute atomic E-state index is 0.0175. The van der Waals surface area contributed by atoms with E-state index in [0.29, 0.717) is 22.2 Å². The van der Waals surface area contributed by atoms with Crippen LogP contribution in [0.2, 0.25) is 20.1 Å². The summed E-state index contributed by atoms with van der Waals surface area (Å²) in [7, 11) is -4.30. The van der Waals surface area contributed by atoms with Crippen LogP contribution in [0.25, 0.3) is 0 Å². The molecule has 0 saturated carbocycles. The molecule has 41 heavy (non-hydrogen) atoms. The third kappa shape index (κ3) is 8.08. The average Bonchev–Trinajstić information content (AvgIpc) is 2.93. The van der Waals surface area contributed by atoms with E-state index in [0.717, 1.165) is 22.7 Å². The predicted molar refractivity (Wildman–Crippen MR) is 167 cm³/mol. The van der Waals surface area contributed by atoms with Crippen LogP contribution in [0.1, 0.15) is 37.8 Å². The summed E-state index contributed by atoms with van der Waals surface area (Å²) in [6.45, 7) is 5.01. The number of halogens is 4. The van der Waals surface area contributed by atoms with Crippen molar-refractivity contribution in [3.05, 3.63) is 91.9 Å². The zero-order chi connectivity index (χ0) is 30.3. The molecule has 3 aromatic rings. The van der Waals surface area contributed by atoms with Gasteiger partial charge in [-0.2, -0.15) is 0 Å². The second kappa shape index (κ2) is 14.6. The highest BCUT2D eigenvalue weighted by Gasteiger charge is 2.34. The van der Waals surface area contributed by atoms with Gasteiger partial charge in [-0.25, -0.2) is 8.42 Å². The van der Waals surface area contributed by atoms with Gasteiger partial charge in [0.25, 0.3) is 10.0 Å². The summed E-state index contributed by atoms with van der Waals surface area (Å²) in [4.78, 5) is 28.3. The van der Waals surface area contributed by atoms with Crippen molar-refractivity contribution >= 4 is 73.9 Å². The molecule has 0 radical (unpaired) electrons. The molecule has 0 aliphatic rings. The summed E-state index contributed by atoms with van der Waals surface area (Å²) in [5, 5.41) is 3.51. The lowest BCUT2D eigenvalue weighted by molar-refractivity contribution is -0.139. The molecule has 0 aromatic heterocycles. The Morgan fingerprint density at radius 3 is 2.10 bits per heavy atom. The van der Waals surface area contributed by atoms with Crippen molar-refractivity contribution in [2.24, 2.45) is 0 Å². The summed E-state index contributed by atoms with van der Waals surface area (Å²) in [5.74, 6) is -1.07. The smallest absolute Gasteiger partial charge is 0.264 e. The first kappa shape index (κ1) is 33.0. The summed E-state index contributed by atoms with van der Waals surface area (Å²) < 4.78 is 28.8. The highest BCUT2D eigenvalue weighted by molar-refractivity contribution is 7.92. The van der Waals surface area contributed by atoms with Gasteiger partial charge in [0.05, 0.1) is 20.6 Å². The van der Waals surface area contributed by atoms with Gasteiger partial charge >= 0.3 is 0 Å². The first-order valence-corrected chi connectivity index (χ1v) is 15.9. The summed E-state index contributed by atoms with van der Waals surface area (Å²) in [6, 6.07) is 14.7. The fourth-order valence-electron chi connectivity index (χ4n) is 4.01. The van der Waals surface area contributed by atoms with Crippen LogP contribution in [0.15, 0.2) is 65.6 Å². The van der Waals surface area contributed by atoms with Crippen LogP contribution >= 0.6 is 46.4 Å². The fourth-order valence-corrected chi connectivity index (χ4v) is 6.40. The third-order valence-corrected chi connectivity index (χ3v) is 9.77. The Bertz CT molecular complexity index is 1480. The van der Waals surface area contributed by atoms with Crippen LogP contribution in [-0.4, -0.2) is 44.3 Å². The maximum Gasteiger partial charge on any atom is 0.264 e. The van der Waals surface area contributed by atoms with Gasteiger partial charge in [-0.1, -0.05) is 89.6 Å². The Hall–Kier alpha value is -2.49. The molecule has 0 fully saturated rings. The lowest BCUT2D eigenvalue weighted by Gasteiger charge is -2.32. The Morgan fingerprint density at radius 1 is 0.902 bits per heavy atom. The Morgan fingerprint density at radius 2 is 1.49 bits per heavy atom. The van der Waals surface area contributed by atoms with Crippen LogP contribution in [0.5, 0.6) is 0 Å². The molecule has 0 heterocycles. The molecule has 0 aliphatic heterocycles. The molecule has 0 unspecified atom stereocenters. The van der Waals surface area contributed by atoms with E-state index in [2.05, 4.69) is 5.32 Å². The summed E-state index contributed by atoms with van der Waals surface area (Å²) in [5.41, 5.74) is 1.30. The van der Waals surface area contributed by atoms with E-state index in [1.165, 1.54) is 35.2 Å². The molecule has 2 amide bonds. The molecule has 7 nitrogen and oxygen atoms in total. The van der Waals surface area contributed by atoms with Crippen molar-refractivity contribution in [3.8, 4) is 0 Å². The second-order valence-corrected chi connectivity index (χ2v) is 12.9. The molecular weight excluding hydrogens is 628 g/mol. The van der Waals surface area contributed by atoms with Crippen LogP contribution in [0, 0.1) is 6.92 Å². The maximum absolute atomic E-state index is 14.0. The minimum Gasteiger partial charge on any atom is -0.354 e. The van der Waals surface area contributed by atoms with E-state index in [9.17, 15) is 18.0 Å². The lowest BCUT2D eigenvalue weighted by Crippen LogP contribution is -2.51.